The number of nitrogens with one attached hydrogen (secondary N) is 2. The maximum Gasteiger partial charge on any atom is 0.274 e. The number of fused-ring (bicyclic) bond motifs is 1. The van der Waals surface area contributed by atoms with Gasteiger partial charge in [0.2, 0.25) is 0 Å². The highest BCUT2D eigenvalue weighted by Gasteiger charge is 2.13. The van der Waals surface area contributed by atoms with E-state index in [1.54, 1.807) is 19.2 Å². The molecule has 0 saturated heterocycles. The minimum atomic E-state index is -0.286. The number of anilines is 2. The lowest BCUT2D eigenvalue weighted by Crippen LogP contribution is -2.16. The fourth-order valence-electron chi connectivity index (χ4n) is 3.32. The van der Waals surface area contributed by atoms with Gasteiger partial charge in [-0.15, -0.1) is 0 Å². The van der Waals surface area contributed by atoms with Crippen LogP contribution >= 0.6 is 0 Å². The summed E-state index contributed by atoms with van der Waals surface area (Å²) >= 11 is 0. The molecule has 4 rings (SSSR count). The van der Waals surface area contributed by atoms with E-state index in [1.165, 1.54) is 5.56 Å². The third-order valence-corrected chi connectivity index (χ3v) is 4.74. The molecule has 4 aromatic rings. The van der Waals surface area contributed by atoms with E-state index in [1.807, 2.05) is 48.5 Å². The summed E-state index contributed by atoms with van der Waals surface area (Å²) in [5.74, 6) is 0.909. The van der Waals surface area contributed by atoms with E-state index < -0.39 is 0 Å². The molecule has 30 heavy (non-hydrogen) atoms. The van der Waals surface area contributed by atoms with Crippen LogP contribution in [0.4, 0.5) is 11.5 Å². The normalized spacial score (nSPS) is 10.7. The van der Waals surface area contributed by atoms with Gasteiger partial charge in [-0.25, -0.2) is 9.97 Å². The topological polar surface area (TPSA) is 79.8 Å². The molecule has 2 N–H and O–H groups in total. The first-order valence-corrected chi connectivity index (χ1v) is 9.97. The summed E-state index contributed by atoms with van der Waals surface area (Å²) in [5.41, 5.74) is 3.04. The number of hydrogen-bond acceptors (Lipinski definition) is 5. The Hall–Kier alpha value is -3.80. The van der Waals surface area contributed by atoms with Gasteiger partial charge in [0.25, 0.3) is 5.91 Å². The van der Waals surface area contributed by atoms with Crippen molar-refractivity contribution in [3.05, 3.63) is 90.0 Å². The largest absolute Gasteiger partial charge is 0.370 e. The molecule has 2 aromatic heterocycles. The Morgan fingerprint density at radius 3 is 2.67 bits per heavy atom. The van der Waals surface area contributed by atoms with Crippen molar-refractivity contribution in [1.82, 2.24) is 15.0 Å². The molecule has 0 atom stereocenters. The molecule has 0 unspecified atom stereocenters. The van der Waals surface area contributed by atoms with Crippen molar-refractivity contribution in [2.75, 3.05) is 17.2 Å². The van der Waals surface area contributed by atoms with Crippen LogP contribution in [-0.4, -0.2) is 27.4 Å². The smallest absolute Gasteiger partial charge is 0.274 e. The molecule has 6 nitrogen and oxygen atoms in total. The maximum atomic E-state index is 12.8. The van der Waals surface area contributed by atoms with Crippen molar-refractivity contribution in [3.63, 3.8) is 0 Å². The summed E-state index contributed by atoms with van der Waals surface area (Å²) in [6.45, 7) is 2.55. The standard InChI is InChI=1S/C24H23N5O/c1-17-27-21(16-22(28-17)25-14-6-10-18-8-3-2-4-9-18)24(30)29-20-13-5-11-19-12-7-15-26-23(19)20/h2-5,7-9,11-13,15-16H,6,10,14H2,1H3,(H,29,30)(H,25,27,28). The van der Waals surface area contributed by atoms with E-state index >= 15 is 0 Å². The van der Waals surface area contributed by atoms with Crippen molar-refractivity contribution in [1.29, 1.82) is 0 Å². The number of aromatic nitrogens is 3. The molecule has 2 aromatic carbocycles. The molecular weight excluding hydrogens is 374 g/mol. The lowest BCUT2D eigenvalue weighted by molar-refractivity contribution is 0.102. The summed E-state index contributed by atoms with van der Waals surface area (Å²) in [7, 11) is 0. The van der Waals surface area contributed by atoms with Gasteiger partial charge in [0, 0.05) is 24.2 Å². The third kappa shape index (κ3) is 4.78. The van der Waals surface area contributed by atoms with Gasteiger partial charge in [0.1, 0.15) is 17.3 Å². The third-order valence-electron chi connectivity index (χ3n) is 4.74. The number of carbonyl (C=O) groups excluding carboxylic acids is 1. The number of benzene rings is 2. The quantitative estimate of drug-likeness (QED) is 0.445. The fourth-order valence-corrected chi connectivity index (χ4v) is 3.32. The van der Waals surface area contributed by atoms with Gasteiger partial charge in [-0.1, -0.05) is 48.5 Å². The SMILES string of the molecule is Cc1nc(NCCCc2ccccc2)cc(C(=O)Nc2cccc3cccnc23)n1. The molecule has 0 fully saturated rings. The summed E-state index contributed by atoms with van der Waals surface area (Å²) < 4.78 is 0. The minimum absolute atomic E-state index is 0.286. The van der Waals surface area contributed by atoms with Crippen LogP contribution in [0.1, 0.15) is 28.3 Å². The molecule has 2 heterocycles. The van der Waals surface area contributed by atoms with Crippen LogP contribution in [0.2, 0.25) is 0 Å². The Kier molecular flexibility index (Phi) is 5.94. The summed E-state index contributed by atoms with van der Waals surface area (Å²) in [5, 5.41) is 7.19. The van der Waals surface area contributed by atoms with E-state index in [-0.39, 0.29) is 5.91 Å². The number of para-hydroxylation sites is 1. The zero-order valence-corrected chi connectivity index (χ0v) is 16.8. The predicted octanol–water partition coefficient (Wildman–Crippen LogP) is 4.63. The second kappa shape index (κ2) is 9.13. The van der Waals surface area contributed by atoms with E-state index in [0.29, 0.717) is 23.0 Å². The first kappa shape index (κ1) is 19.5. The maximum absolute atomic E-state index is 12.8. The molecule has 0 aliphatic carbocycles. The number of hydrogen-bond donors (Lipinski definition) is 2. The molecule has 0 saturated carbocycles. The molecule has 0 spiro atoms. The zero-order chi connectivity index (χ0) is 20.8. The number of aryl methyl sites for hydroxylation is 2. The fraction of sp³-hybridized carbons (Fsp3) is 0.167. The summed E-state index contributed by atoms with van der Waals surface area (Å²) in [6.07, 6.45) is 3.67. The average molecular weight is 397 g/mol. The molecule has 6 heteroatoms. The molecule has 0 bridgehead atoms. The molecular formula is C24H23N5O. The number of amides is 1. The predicted molar refractivity (Wildman–Crippen MR) is 120 cm³/mol. The van der Waals surface area contributed by atoms with E-state index in [0.717, 1.165) is 30.3 Å². The number of rotatable bonds is 7. The van der Waals surface area contributed by atoms with Crippen LogP contribution in [0.15, 0.2) is 72.9 Å². The minimum Gasteiger partial charge on any atom is -0.370 e. The van der Waals surface area contributed by atoms with Crippen LogP contribution in [0.25, 0.3) is 10.9 Å². The summed E-state index contributed by atoms with van der Waals surface area (Å²) in [6, 6.07) is 21.6. The van der Waals surface area contributed by atoms with Crippen LogP contribution in [0.3, 0.4) is 0 Å². The molecule has 0 aliphatic heterocycles. The van der Waals surface area contributed by atoms with Gasteiger partial charge in [-0.3, -0.25) is 9.78 Å². The van der Waals surface area contributed by atoms with Gasteiger partial charge in [-0.2, -0.15) is 0 Å². The zero-order valence-electron chi connectivity index (χ0n) is 16.8. The lowest BCUT2D eigenvalue weighted by atomic mass is 10.1. The van der Waals surface area contributed by atoms with Crippen molar-refractivity contribution in [2.45, 2.75) is 19.8 Å². The van der Waals surface area contributed by atoms with Crippen LogP contribution in [0.5, 0.6) is 0 Å². The average Bonchev–Trinajstić information content (AvgIpc) is 2.77. The van der Waals surface area contributed by atoms with E-state index in [2.05, 4.69) is 37.7 Å². The van der Waals surface area contributed by atoms with Crippen molar-refractivity contribution in [3.8, 4) is 0 Å². The molecule has 1 amide bonds. The van der Waals surface area contributed by atoms with Crippen LogP contribution in [0, 0.1) is 6.92 Å². The highest BCUT2D eigenvalue weighted by atomic mass is 16.1. The van der Waals surface area contributed by atoms with Gasteiger partial charge in [0.15, 0.2) is 0 Å². The first-order valence-electron chi connectivity index (χ1n) is 9.97. The molecule has 0 aliphatic rings. The Morgan fingerprint density at radius 2 is 1.80 bits per heavy atom. The number of nitrogens with zero attached hydrogens (tertiary/aromatic N) is 3. The highest BCUT2D eigenvalue weighted by molar-refractivity contribution is 6.07. The van der Waals surface area contributed by atoms with Crippen LogP contribution < -0.4 is 10.6 Å². The highest BCUT2D eigenvalue weighted by Crippen LogP contribution is 2.21. The molecule has 0 radical (unpaired) electrons. The monoisotopic (exact) mass is 397 g/mol. The second-order valence-corrected chi connectivity index (χ2v) is 7.04. The van der Waals surface area contributed by atoms with E-state index in [9.17, 15) is 4.79 Å². The second-order valence-electron chi connectivity index (χ2n) is 7.04. The Labute approximate surface area is 175 Å². The Balaban J connectivity index is 1.42. The van der Waals surface area contributed by atoms with Crippen molar-refractivity contribution in [2.24, 2.45) is 0 Å². The number of pyridine rings is 1. The van der Waals surface area contributed by atoms with Gasteiger partial charge in [0.05, 0.1) is 11.2 Å². The van der Waals surface area contributed by atoms with Crippen molar-refractivity contribution < 1.29 is 4.79 Å². The Morgan fingerprint density at radius 1 is 0.967 bits per heavy atom. The van der Waals surface area contributed by atoms with Gasteiger partial charge < -0.3 is 10.6 Å². The lowest BCUT2D eigenvalue weighted by Gasteiger charge is -2.10. The van der Waals surface area contributed by atoms with Gasteiger partial charge in [-0.05, 0) is 37.5 Å². The van der Waals surface area contributed by atoms with Crippen molar-refractivity contribution >= 4 is 28.3 Å². The number of carbonyl (C=O) groups is 1. The summed E-state index contributed by atoms with van der Waals surface area (Å²) in [4.78, 5) is 25.9. The van der Waals surface area contributed by atoms with Crippen LogP contribution in [-0.2, 0) is 6.42 Å². The van der Waals surface area contributed by atoms with E-state index in [4.69, 9.17) is 0 Å². The first-order chi connectivity index (χ1) is 14.7. The Bertz CT molecular complexity index is 1160. The molecule has 150 valence electrons. The van der Waals surface area contributed by atoms with Gasteiger partial charge >= 0.3 is 0 Å².